The number of ether oxygens (including phenoxy) is 1. The second kappa shape index (κ2) is 11.1. The van der Waals surface area contributed by atoms with Gasteiger partial charge in [-0.2, -0.15) is 5.10 Å². The molecule has 0 fully saturated rings. The molecule has 0 radical (unpaired) electrons. The molecule has 2 amide bonds. The lowest BCUT2D eigenvalue weighted by atomic mass is 10.2. The predicted molar refractivity (Wildman–Crippen MR) is 122 cm³/mol. The molecule has 32 heavy (non-hydrogen) atoms. The monoisotopic (exact) mass is 469 g/mol. The van der Waals surface area contributed by atoms with E-state index in [0.29, 0.717) is 16.1 Å². The Hall–Kier alpha value is -3.68. The number of para-hydroxylation sites is 1. The molecule has 0 spiro atoms. The molecule has 3 aromatic rings. The molecule has 0 atom stereocenters. The molecule has 0 saturated heterocycles. The fraction of sp³-hybridized carbons (Fsp3) is 0.0435. The molecular formula is C23H17Cl2N3O4. The van der Waals surface area contributed by atoms with E-state index in [1.54, 1.807) is 72.8 Å². The van der Waals surface area contributed by atoms with Gasteiger partial charge >= 0.3 is 5.97 Å². The zero-order valence-corrected chi connectivity index (χ0v) is 18.1. The Kier molecular flexibility index (Phi) is 7.96. The van der Waals surface area contributed by atoms with Gasteiger partial charge in [0, 0.05) is 10.6 Å². The van der Waals surface area contributed by atoms with Crippen LogP contribution in [0.2, 0.25) is 10.0 Å². The summed E-state index contributed by atoms with van der Waals surface area (Å²) in [6.45, 7) is -0.297. The number of carbonyl (C=O) groups is 3. The summed E-state index contributed by atoms with van der Waals surface area (Å²) in [5, 5.41) is 7.10. The van der Waals surface area contributed by atoms with Crippen LogP contribution in [0.3, 0.4) is 0 Å². The van der Waals surface area contributed by atoms with Gasteiger partial charge in [-0.05, 0) is 48.5 Å². The topological polar surface area (TPSA) is 96.9 Å². The van der Waals surface area contributed by atoms with Crippen LogP contribution in [0.4, 0.5) is 0 Å². The summed E-state index contributed by atoms with van der Waals surface area (Å²) in [6, 6.07) is 19.5. The molecule has 0 heterocycles. The zero-order valence-electron chi connectivity index (χ0n) is 16.5. The van der Waals surface area contributed by atoms with E-state index >= 15 is 0 Å². The minimum atomic E-state index is -0.561. The number of nitrogens with one attached hydrogen (secondary N) is 2. The number of hydrazone groups is 1. The summed E-state index contributed by atoms with van der Waals surface area (Å²) in [6.07, 6.45) is 1.33. The van der Waals surface area contributed by atoms with Crippen molar-refractivity contribution in [3.8, 4) is 5.75 Å². The Bertz CT molecular complexity index is 1160. The summed E-state index contributed by atoms with van der Waals surface area (Å²) < 4.78 is 5.41. The fourth-order valence-electron chi connectivity index (χ4n) is 2.54. The third-order valence-electron chi connectivity index (χ3n) is 4.12. The predicted octanol–water partition coefficient (Wildman–Crippen LogP) is 4.09. The summed E-state index contributed by atoms with van der Waals surface area (Å²) in [5.74, 6) is -1.32. The first-order valence-corrected chi connectivity index (χ1v) is 10.1. The van der Waals surface area contributed by atoms with Crippen LogP contribution >= 0.6 is 23.2 Å². The van der Waals surface area contributed by atoms with Gasteiger partial charge in [-0.1, -0.05) is 47.5 Å². The maximum atomic E-state index is 12.3. The van der Waals surface area contributed by atoms with Crippen molar-refractivity contribution in [1.29, 1.82) is 0 Å². The molecule has 9 heteroatoms. The minimum Gasteiger partial charge on any atom is -0.422 e. The Balaban J connectivity index is 1.55. The summed E-state index contributed by atoms with van der Waals surface area (Å²) in [4.78, 5) is 36.4. The van der Waals surface area contributed by atoms with E-state index in [1.807, 2.05) is 0 Å². The molecular weight excluding hydrogens is 453 g/mol. The van der Waals surface area contributed by atoms with Crippen LogP contribution in [0.15, 0.2) is 77.9 Å². The van der Waals surface area contributed by atoms with Crippen molar-refractivity contribution in [2.75, 3.05) is 6.54 Å². The molecule has 162 valence electrons. The van der Waals surface area contributed by atoms with Crippen LogP contribution < -0.4 is 15.5 Å². The van der Waals surface area contributed by atoms with E-state index < -0.39 is 17.8 Å². The van der Waals surface area contributed by atoms with E-state index in [-0.39, 0.29) is 22.9 Å². The van der Waals surface area contributed by atoms with Gasteiger partial charge in [-0.15, -0.1) is 0 Å². The Morgan fingerprint density at radius 3 is 2.34 bits per heavy atom. The van der Waals surface area contributed by atoms with Crippen molar-refractivity contribution < 1.29 is 19.1 Å². The number of amides is 2. The smallest absolute Gasteiger partial charge is 0.343 e. The molecule has 0 unspecified atom stereocenters. The number of benzene rings is 3. The minimum absolute atomic E-state index is 0.262. The second-order valence-electron chi connectivity index (χ2n) is 6.39. The largest absolute Gasteiger partial charge is 0.422 e. The van der Waals surface area contributed by atoms with Gasteiger partial charge in [-0.25, -0.2) is 10.2 Å². The summed E-state index contributed by atoms with van der Waals surface area (Å²) in [5.41, 5.74) is 3.37. The van der Waals surface area contributed by atoms with Gasteiger partial charge in [0.1, 0.15) is 5.75 Å². The molecule has 3 aromatic carbocycles. The highest BCUT2D eigenvalue weighted by Crippen LogP contribution is 2.18. The maximum absolute atomic E-state index is 12.3. The highest BCUT2D eigenvalue weighted by Gasteiger charge is 2.12. The standard InChI is InChI=1S/C23H17Cl2N3O4/c24-17-11-9-15(10-12-17)23(31)32-20-8-4-1-5-16(20)13-27-28-21(29)14-26-22(30)18-6-2-3-7-19(18)25/h1-13H,14H2,(H,26,30)(H,28,29)/b27-13+. The van der Waals surface area contributed by atoms with Crippen LogP contribution in [0.25, 0.3) is 0 Å². The average Bonchev–Trinajstić information content (AvgIpc) is 2.79. The van der Waals surface area contributed by atoms with Gasteiger partial charge in [0.25, 0.3) is 11.8 Å². The zero-order chi connectivity index (χ0) is 22.9. The van der Waals surface area contributed by atoms with Crippen molar-refractivity contribution in [3.63, 3.8) is 0 Å². The average molecular weight is 470 g/mol. The normalized spacial score (nSPS) is 10.6. The van der Waals surface area contributed by atoms with E-state index in [0.717, 1.165) is 0 Å². The van der Waals surface area contributed by atoms with Crippen LogP contribution in [-0.4, -0.2) is 30.5 Å². The number of esters is 1. The van der Waals surface area contributed by atoms with Crippen molar-refractivity contribution in [1.82, 2.24) is 10.7 Å². The molecule has 0 bridgehead atoms. The van der Waals surface area contributed by atoms with Crippen LogP contribution in [0.1, 0.15) is 26.3 Å². The summed E-state index contributed by atoms with van der Waals surface area (Å²) >= 11 is 11.8. The van der Waals surface area contributed by atoms with Crippen LogP contribution in [0, 0.1) is 0 Å². The first-order chi connectivity index (χ1) is 15.4. The summed E-state index contributed by atoms with van der Waals surface area (Å²) in [7, 11) is 0. The highest BCUT2D eigenvalue weighted by atomic mass is 35.5. The van der Waals surface area contributed by atoms with E-state index in [4.69, 9.17) is 27.9 Å². The van der Waals surface area contributed by atoms with Gasteiger partial charge in [0.05, 0.1) is 28.9 Å². The van der Waals surface area contributed by atoms with Crippen LogP contribution in [-0.2, 0) is 4.79 Å². The molecule has 0 saturated carbocycles. The van der Waals surface area contributed by atoms with E-state index in [9.17, 15) is 14.4 Å². The number of hydrogen-bond acceptors (Lipinski definition) is 5. The number of hydrogen-bond donors (Lipinski definition) is 2. The van der Waals surface area contributed by atoms with Crippen molar-refractivity contribution in [2.24, 2.45) is 5.10 Å². The number of rotatable bonds is 7. The molecule has 0 aliphatic rings. The quantitative estimate of drug-likeness (QED) is 0.235. The number of carbonyl (C=O) groups excluding carboxylic acids is 3. The van der Waals surface area contributed by atoms with E-state index in [1.165, 1.54) is 6.21 Å². The first kappa shape index (κ1) is 23.0. The molecule has 0 aliphatic heterocycles. The lowest BCUT2D eigenvalue weighted by molar-refractivity contribution is -0.120. The lowest BCUT2D eigenvalue weighted by Crippen LogP contribution is -2.35. The second-order valence-corrected chi connectivity index (χ2v) is 7.23. The number of halogens is 2. The van der Waals surface area contributed by atoms with Crippen molar-refractivity contribution in [2.45, 2.75) is 0 Å². The Morgan fingerprint density at radius 1 is 0.906 bits per heavy atom. The van der Waals surface area contributed by atoms with Crippen molar-refractivity contribution in [3.05, 3.63) is 99.5 Å². The number of nitrogens with zero attached hydrogens (tertiary/aromatic N) is 1. The third kappa shape index (κ3) is 6.41. The third-order valence-corrected chi connectivity index (χ3v) is 4.70. The first-order valence-electron chi connectivity index (χ1n) is 9.35. The molecule has 0 aliphatic carbocycles. The van der Waals surface area contributed by atoms with Gasteiger partial charge in [0.15, 0.2) is 0 Å². The maximum Gasteiger partial charge on any atom is 0.343 e. The Labute approximate surface area is 194 Å². The van der Waals surface area contributed by atoms with E-state index in [2.05, 4.69) is 15.8 Å². The molecule has 2 N–H and O–H groups in total. The highest BCUT2D eigenvalue weighted by molar-refractivity contribution is 6.33. The van der Waals surface area contributed by atoms with Gasteiger partial charge < -0.3 is 10.1 Å². The van der Waals surface area contributed by atoms with Gasteiger partial charge in [-0.3, -0.25) is 9.59 Å². The lowest BCUT2D eigenvalue weighted by Gasteiger charge is -2.08. The SMILES string of the molecule is O=C(CNC(=O)c1ccccc1Cl)N/N=C/c1ccccc1OC(=O)c1ccc(Cl)cc1. The molecule has 3 rings (SSSR count). The van der Waals surface area contributed by atoms with Crippen molar-refractivity contribution >= 4 is 47.2 Å². The molecule has 7 nitrogen and oxygen atoms in total. The molecule has 0 aromatic heterocycles. The Morgan fingerprint density at radius 2 is 1.59 bits per heavy atom. The van der Waals surface area contributed by atoms with Gasteiger partial charge in [0.2, 0.25) is 0 Å². The van der Waals surface area contributed by atoms with Crippen LogP contribution in [0.5, 0.6) is 5.75 Å². The fourth-order valence-corrected chi connectivity index (χ4v) is 2.89.